The zero-order chi connectivity index (χ0) is 17.2. The normalized spacial score (nSPS) is 15.7. The molecule has 0 aliphatic carbocycles. The topological polar surface area (TPSA) is 58.8 Å². The van der Waals surface area contributed by atoms with Gasteiger partial charge in [0.25, 0.3) is 0 Å². The lowest BCUT2D eigenvalue weighted by Gasteiger charge is -2.37. The Morgan fingerprint density at radius 2 is 1.91 bits per heavy atom. The molecule has 1 aromatic carbocycles. The molecular weight excluding hydrogens is 365 g/mol. The average Bonchev–Trinajstić information content (AvgIpc) is 2.48. The van der Waals surface area contributed by atoms with E-state index in [0.29, 0.717) is 36.3 Å². The number of nitrogens with two attached hydrogens (primary N) is 1. The molecule has 2 N–H and O–H groups in total. The lowest BCUT2D eigenvalue weighted by Crippen LogP contribution is -2.50. The highest BCUT2D eigenvalue weighted by Gasteiger charge is 2.27. The number of rotatable bonds is 2. The first kappa shape index (κ1) is 18.0. The zero-order valence-corrected chi connectivity index (χ0v) is 15.3. The highest BCUT2D eigenvalue weighted by atomic mass is 79.9. The number of piperazine rings is 1. The summed E-state index contributed by atoms with van der Waals surface area (Å²) < 4.78 is 20.2. The minimum Gasteiger partial charge on any atom is -0.444 e. The maximum absolute atomic E-state index is 14.5. The van der Waals surface area contributed by atoms with Crippen molar-refractivity contribution in [1.82, 2.24) is 4.90 Å². The molecule has 1 aromatic rings. The third-order valence-corrected chi connectivity index (χ3v) is 4.49. The number of anilines is 1. The van der Waals surface area contributed by atoms with Crippen LogP contribution in [0.15, 0.2) is 16.6 Å². The summed E-state index contributed by atoms with van der Waals surface area (Å²) in [5, 5.41) is 0. The van der Waals surface area contributed by atoms with Crippen LogP contribution in [0.25, 0.3) is 0 Å². The molecule has 128 valence electrons. The van der Waals surface area contributed by atoms with Gasteiger partial charge in [-0.05, 0) is 48.3 Å². The fourth-order valence-electron chi connectivity index (χ4n) is 2.44. The average molecular weight is 388 g/mol. The summed E-state index contributed by atoms with van der Waals surface area (Å²) >= 11 is 3.26. The van der Waals surface area contributed by atoms with Crippen molar-refractivity contribution in [3.8, 4) is 0 Å². The van der Waals surface area contributed by atoms with E-state index in [0.717, 1.165) is 5.56 Å². The Morgan fingerprint density at radius 1 is 1.30 bits per heavy atom. The predicted octanol–water partition coefficient (Wildman–Crippen LogP) is 3.10. The second kappa shape index (κ2) is 7.05. The quantitative estimate of drug-likeness (QED) is 0.846. The van der Waals surface area contributed by atoms with E-state index >= 15 is 0 Å². The van der Waals surface area contributed by atoms with E-state index in [9.17, 15) is 9.18 Å². The fourth-order valence-corrected chi connectivity index (χ4v) is 2.93. The van der Waals surface area contributed by atoms with Crippen molar-refractivity contribution in [2.75, 3.05) is 31.1 Å². The van der Waals surface area contributed by atoms with Gasteiger partial charge in [-0.2, -0.15) is 0 Å². The summed E-state index contributed by atoms with van der Waals surface area (Å²) in [4.78, 5) is 15.6. The van der Waals surface area contributed by atoms with Gasteiger partial charge in [0.15, 0.2) is 5.82 Å². The number of ether oxygens (including phenoxy) is 1. The fraction of sp³-hybridized carbons (Fsp3) is 0.562. The van der Waals surface area contributed by atoms with Gasteiger partial charge in [-0.15, -0.1) is 0 Å². The van der Waals surface area contributed by atoms with Crippen LogP contribution < -0.4 is 10.6 Å². The second-order valence-corrected chi connectivity index (χ2v) is 7.32. The van der Waals surface area contributed by atoms with E-state index in [2.05, 4.69) is 15.9 Å². The zero-order valence-electron chi connectivity index (χ0n) is 13.7. The number of benzene rings is 1. The molecule has 2 rings (SSSR count). The highest BCUT2D eigenvalue weighted by Crippen LogP contribution is 2.30. The van der Waals surface area contributed by atoms with Crippen LogP contribution in [-0.2, 0) is 11.3 Å². The minimum absolute atomic E-state index is 0.282. The molecule has 0 spiro atoms. The largest absolute Gasteiger partial charge is 0.444 e. The second-order valence-electron chi connectivity index (χ2n) is 6.53. The number of amides is 1. The Balaban J connectivity index is 2.02. The van der Waals surface area contributed by atoms with Crippen molar-refractivity contribution in [1.29, 1.82) is 0 Å². The van der Waals surface area contributed by atoms with Gasteiger partial charge in [-0.25, -0.2) is 9.18 Å². The van der Waals surface area contributed by atoms with E-state index in [1.807, 2.05) is 31.7 Å². The summed E-state index contributed by atoms with van der Waals surface area (Å²) in [6.07, 6.45) is -0.322. The van der Waals surface area contributed by atoms with E-state index < -0.39 is 5.60 Å². The van der Waals surface area contributed by atoms with E-state index in [4.69, 9.17) is 10.5 Å². The first-order valence-corrected chi connectivity index (χ1v) is 8.42. The van der Waals surface area contributed by atoms with Crippen LogP contribution in [0.2, 0.25) is 0 Å². The standard InChI is InChI=1S/C16H23BrFN3O2/c1-16(2,3)23-15(22)21-8-6-20(7-9-21)12-5-4-11(10-19)13(17)14(12)18/h4-5H,6-10,19H2,1-3H3. The first-order valence-electron chi connectivity index (χ1n) is 7.62. The van der Waals surface area contributed by atoms with Crippen molar-refractivity contribution < 1.29 is 13.9 Å². The van der Waals surface area contributed by atoms with Crippen molar-refractivity contribution in [2.24, 2.45) is 5.73 Å². The van der Waals surface area contributed by atoms with Crippen LogP contribution >= 0.6 is 15.9 Å². The van der Waals surface area contributed by atoms with E-state index in [1.165, 1.54) is 0 Å². The van der Waals surface area contributed by atoms with Gasteiger partial charge in [0.05, 0.1) is 10.2 Å². The molecule has 5 nitrogen and oxygen atoms in total. The van der Waals surface area contributed by atoms with Gasteiger partial charge in [-0.3, -0.25) is 0 Å². The molecule has 1 fully saturated rings. The van der Waals surface area contributed by atoms with Crippen LogP contribution in [0.1, 0.15) is 26.3 Å². The van der Waals surface area contributed by atoms with Crippen LogP contribution in [0.3, 0.4) is 0 Å². The maximum atomic E-state index is 14.5. The summed E-state index contributed by atoms with van der Waals surface area (Å²) in [7, 11) is 0. The van der Waals surface area contributed by atoms with E-state index in [1.54, 1.807) is 11.0 Å². The van der Waals surface area contributed by atoms with Gasteiger partial charge >= 0.3 is 6.09 Å². The number of hydrogen-bond donors (Lipinski definition) is 1. The lowest BCUT2D eigenvalue weighted by atomic mass is 10.1. The van der Waals surface area contributed by atoms with E-state index in [-0.39, 0.29) is 18.5 Å². The lowest BCUT2D eigenvalue weighted by molar-refractivity contribution is 0.0240. The van der Waals surface area contributed by atoms with Gasteiger partial charge in [0, 0.05) is 32.7 Å². The highest BCUT2D eigenvalue weighted by molar-refractivity contribution is 9.10. The number of halogens is 2. The number of nitrogens with zero attached hydrogens (tertiary/aromatic N) is 2. The summed E-state index contributed by atoms with van der Waals surface area (Å²) in [6, 6.07) is 3.56. The van der Waals surface area contributed by atoms with Crippen molar-refractivity contribution in [2.45, 2.75) is 32.9 Å². The smallest absolute Gasteiger partial charge is 0.410 e. The molecule has 0 atom stereocenters. The molecule has 1 aliphatic heterocycles. The number of hydrogen-bond acceptors (Lipinski definition) is 4. The van der Waals surface area contributed by atoms with Gasteiger partial charge in [0.1, 0.15) is 5.60 Å². The molecule has 7 heteroatoms. The predicted molar refractivity (Wildman–Crippen MR) is 92.0 cm³/mol. The summed E-state index contributed by atoms with van der Waals surface area (Å²) in [5.74, 6) is -0.307. The third kappa shape index (κ3) is 4.35. The van der Waals surface area contributed by atoms with Gasteiger partial charge in [-0.1, -0.05) is 6.07 Å². The maximum Gasteiger partial charge on any atom is 0.410 e. The van der Waals surface area contributed by atoms with Crippen LogP contribution in [0.4, 0.5) is 14.9 Å². The molecular formula is C16H23BrFN3O2. The van der Waals surface area contributed by atoms with Crippen molar-refractivity contribution in [3.05, 3.63) is 28.0 Å². The molecule has 0 saturated carbocycles. The van der Waals surface area contributed by atoms with Crippen molar-refractivity contribution in [3.63, 3.8) is 0 Å². The number of carbonyl (C=O) groups excluding carboxylic acids is 1. The Morgan fingerprint density at radius 3 is 2.43 bits per heavy atom. The Kier molecular flexibility index (Phi) is 5.52. The Bertz CT molecular complexity index is 581. The van der Waals surface area contributed by atoms with Crippen LogP contribution in [0.5, 0.6) is 0 Å². The SMILES string of the molecule is CC(C)(C)OC(=O)N1CCN(c2ccc(CN)c(Br)c2F)CC1. The molecule has 0 radical (unpaired) electrons. The van der Waals surface area contributed by atoms with Gasteiger partial charge in [0.2, 0.25) is 0 Å². The number of carbonyl (C=O) groups is 1. The van der Waals surface area contributed by atoms with Gasteiger partial charge < -0.3 is 20.3 Å². The summed E-state index contributed by atoms with van der Waals surface area (Å²) in [5.41, 5.74) is 6.33. The minimum atomic E-state index is -0.511. The Labute approximate surface area is 144 Å². The summed E-state index contributed by atoms with van der Waals surface area (Å²) in [6.45, 7) is 7.93. The molecule has 1 aliphatic rings. The van der Waals surface area contributed by atoms with Crippen molar-refractivity contribution >= 4 is 27.7 Å². The molecule has 1 amide bonds. The Hall–Kier alpha value is -1.34. The molecule has 0 unspecified atom stereocenters. The molecule has 1 heterocycles. The monoisotopic (exact) mass is 387 g/mol. The molecule has 0 bridgehead atoms. The van der Waals surface area contributed by atoms with Crippen LogP contribution in [0, 0.1) is 5.82 Å². The third-order valence-electron chi connectivity index (χ3n) is 3.63. The molecule has 0 aromatic heterocycles. The first-order chi connectivity index (χ1) is 10.7. The molecule has 23 heavy (non-hydrogen) atoms. The van der Waals surface area contributed by atoms with Crippen LogP contribution in [-0.4, -0.2) is 42.8 Å². The molecule has 1 saturated heterocycles.